The molecule has 0 aliphatic heterocycles. The summed E-state index contributed by atoms with van der Waals surface area (Å²) in [5.74, 6) is 0.506. The van der Waals surface area contributed by atoms with Gasteiger partial charge in [-0.05, 0) is 31.4 Å². The number of hydrogen-bond donors (Lipinski definition) is 2. The first-order valence-corrected chi connectivity index (χ1v) is 8.91. The summed E-state index contributed by atoms with van der Waals surface area (Å²) in [5, 5.41) is 8.85. The number of hydrogen-bond acceptors (Lipinski definition) is 4. The third kappa shape index (κ3) is 5.22. The van der Waals surface area contributed by atoms with Gasteiger partial charge in [-0.25, -0.2) is 13.1 Å². The molecule has 0 aliphatic rings. The summed E-state index contributed by atoms with van der Waals surface area (Å²) in [6, 6.07) is 3.30. The highest BCUT2D eigenvalue weighted by molar-refractivity contribution is 7.91. The predicted molar refractivity (Wildman–Crippen MR) is 79.0 cm³/mol. The molecule has 0 amide bonds. The summed E-state index contributed by atoms with van der Waals surface area (Å²) in [7, 11) is -3.42. The second-order valence-corrected chi connectivity index (χ2v) is 8.07. The molecule has 0 saturated carbocycles. The lowest BCUT2D eigenvalue weighted by Gasteiger charge is -2.16. The molecule has 0 aliphatic carbocycles. The van der Waals surface area contributed by atoms with Crippen LogP contribution in [0.2, 0.25) is 0 Å². The van der Waals surface area contributed by atoms with Crippen molar-refractivity contribution in [1.29, 1.82) is 0 Å². The SMILES string of the molecule is CCC(C)CC(C)NS(=O)(=O)c1ccc(CCO)s1. The van der Waals surface area contributed by atoms with Crippen molar-refractivity contribution < 1.29 is 13.5 Å². The molecule has 2 unspecified atom stereocenters. The van der Waals surface area contributed by atoms with E-state index in [9.17, 15) is 8.42 Å². The van der Waals surface area contributed by atoms with Crippen LogP contribution in [0.3, 0.4) is 0 Å². The normalized spacial score (nSPS) is 15.4. The third-order valence-electron chi connectivity index (χ3n) is 3.07. The largest absolute Gasteiger partial charge is 0.396 e. The van der Waals surface area contributed by atoms with Gasteiger partial charge in [0, 0.05) is 23.9 Å². The van der Waals surface area contributed by atoms with E-state index in [1.165, 1.54) is 11.3 Å². The molecule has 110 valence electrons. The summed E-state index contributed by atoms with van der Waals surface area (Å²) in [5.41, 5.74) is 0. The van der Waals surface area contributed by atoms with Gasteiger partial charge in [0.25, 0.3) is 0 Å². The van der Waals surface area contributed by atoms with Gasteiger partial charge in [-0.2, -0.15) is 0 Å². The lowest BCUT2D eigenvalue weighted by Crippen LogP contribution is -2.33. The van der Waals surface area contributed by atoms with Gasteiger partial charge in [-0.1, -0.05) is 20.3 Å². The van der Waals surface area contributed by atoms with E-state index in [-0.39, 0.29) is 12.6 Å². The van der Waals surface area contributed by atoms with E-state index in [1.54, 1.807) is 12.1 Å². The standard InChI is InChI=1S/C13H23NO3S2/c1-4-10(2)9-11(3)14-19(16,17)13-6-5-12(18-13)7-8-15/h5-6,10-11,14-15H,4,7-9H2,1-3H3. The topological polar surface area (TPSA) is 66.4 Å². The first-order valence-electron chi connectivity index (χ1n) is 6.61. The molecule has 0 bridgehead atoms. The van der Waals surface area contributed by atoms with E-state index in [2.05, 4.69) is 18.6 Å². The molecule has 19 heavy (non-hydrogen) atoms. The van der Waals surface area contributed by atoms with E-state index in [4.69, 9.17) is 5.11 Å². The van der Waals surface area contributed by atoms with Crippen molar-refractivity contribution in [2.45, 2.75) is 50.3 Å². The highest BCUT2D eigenvalue weighted by atomic mass is 32.2. The first kappa shape index (κ1) is 16.6. The zero-order valence-electron chi connectivity index (χ0n) is 11.7. The summed E-state index contributed by atoms with van der Waals surface area (Å²) in [6.45, 7) is 6.16. The van der Waals surface area contributed by atoms with Crippen LogP contribution in [0.15, 0.2) is 16.3 Å². The molecule has 0 radical (unpaired) electrons. The van der Waals surface area contributed by atoms with Crippen molar-refractivity contribution in [3.8, 4) is 0 Å². The van der Waals surface area contributed by atoms with Crippen molar-refractivity contribution in [1.82, 2.24) is 4.72 Å². The highest BCUT2D eigenvalue weighted by Crippen LogP contribution is 2.22. The minimum atomic E-state index is -3.42. The Hall–Kier alpha value is -0.430. The lowest BCUT2D eigenvalue weighted by molar-refractivity contribution is 0.300. The van der Waals surface area contributed by atoms with Gasteiger partial charge in [-0.3, -0.25) is 0 Å². The Morgan fingerprint density at radius 3 is 2.63 bits per heavy atom. The van der Waals surface area contributed by atoms with E-state index in [0.717, 1.165) is 17.7 Å². The zero-order valence-corrected chi connectivity index (χ0v) is 13.4. The monoisotopic (exact) mass is 305 g/mol. The third-order valence-corrected chi connectivity index (χ3v) is 6.30. The molecule has 4 nitrogen and oxygen atoms in total. The Labute approximate surface area is 119 Å². The van der Waals surface area contributed by atoms with E-state index >= 15 is 0 Å². The number of rotatable bonds is 8. The average molecular weight is 305 g/mol. The molecule has 1 heterocycles. The smallest absolute Gasteiger partial charge is 0.250 e. The molecule has 0 saturated heterocycles. The lowest BCUT2D eigenvalue weighted by atomic mass is 10.0. The van der Waals surface area contributed by atoms with Crippen molar-refractivity contribution in [2.24, 2.45) is 5.92 Å². The summed E-state index contributed by atoms with van der Waals surface area (Å²) < 4.78 is 27.4. The maximum atomic E-state index is 12.2. The molecule has 2 N–H and O–H groups in total. The molecule has 0 fully saturated rings. The minimum absolute atomic E-state index is 0.0395. The Bertz CT molecular complexity index is 482. The van der Waals surface area contributed by atoms with Gasteiger partial charge in [0.05, 0.1) is 0 Å². The first-order chi connectivity index (χ1) is 8.89. The predicted octanol–water partition coefficient (Wildman–Crippen LogP) is 2.39. The fraction of sp³-hybridized carbons (Fsp3) is 0.692. The number of nitrogens with one attached hydrogen (secondary N) is 1. The van der Waals surface area contributed by atoms with Crippen LogP contribution in [0.1, 0.15) is 38.5 Å². The number of sulfonamides is 1. The van der Waals surface area contributed by atoms with E-state index < -0.39 is 10.0 Å². The number of aliphatic hydroxyl groups is 1. The van der Waals surface area contributed by atoms with E-state index in [0.29, 0.717) is 16.5 Å². The second kappa shape index (κ2) is 7.38. The van der Waals surface area contributed by atoms with Crippen LogP contribution in [0.25, 0.3) is 0 Å². The van der Waals surface area contributed by atoms with Crippen LogP contribution in [0.5, 0.6) is 0 Å². The molecule has 2 atom stereocenters. The van der Waals surface area contributed by atoms with Crippen molar-refractivity contribution in [3.63, 3.8) is 0 Å². The molecule has 1 aromatic heterocycles. The Morgan fingerprint density at radius 1 is 1.37 bits per heavy atom. The Morgan fingerprint density at radius 2 is 2.05 bits per heavy atom. The minimum Gasteiger partial charge on any atom is -0.396 e. The highest BCUT2D eigenvalue weighted by Gasteiger charge is 2.20. The summed E-state index contributed by atoms with van der Waals surface area (Å²) in [6.07, 6.45) is 2.39. The summed E-state index contributed by atoms with van der Waals surface area (Å²) in [4.78, 5) is 0.887. The Balaban J connectivity index is 2.69. The molecular weight excluding hydrogens is 282 g/mol. The fourth-order valence-corrected chi connectivity index (χ4v) is 4.51. The quantitative estimate of drug-likeness (QED) is 0.775. The maximum Gasteiger partial charge on any atom is 0.250 e. The molecular formula is C13H23NO3S2. The van der Waals surface area contributed by atoms with Crippen LogP contribution in [-0.2, 0) is 16.4 Å². The van der Waals surface area contributed by atoms with Gasteiger partial charge in [0.15, 0.2) is 0 Å². The molecule has 0 aromatic carbocycles. The van der Waals surface area contributed by atoms with Gasteiger partial charge < -0.3 is 5.11 Å². The number of thiophene rings is 1. The van der Waals surface area contributed by atoms with Gasteiger partial charge in [-0.15, -0.1) is 11.3 Å². The van der Waals surface area contributed by atoms with Crippen LogP contribution >= 0.6 is 11.3 Å². The van der Waals surface area contributed by atoms with Crippen LogP contribution < -0.4 is 4.72 Å². The Kier molecular flexibility index (Phi) is 6.46. The van der Waals surface area contributed by atoms with E-state index in [1.807, 2.05) is 6.92 Å². The molecule has 1 rings (SSSR count). The van der Waals surface area contributed by atoms with Crippen LogP contribution in [0.4, 0.5) is 0 Å². The van der Waals surface area contributed by atoms with Crippen molar-refractivity contribution >= 4 is 21.4 Å². The van der Waals surface area contributed by atoms with Crippen LogP contribution in [-0.4, -0.2) is 26.2 Å². The number of aliphatic hydroxyl groups excluding tert-OH is 1. The summed E-state index contributed by atoms with van der Waals surface area (Å²) >= 11 is 1.22. The zero-order chi connectivity index (χ0) is 14.5. The fourth-order valence-electron chi connectivity index (χ4n) is 1.89. The maximum absolute atomic E-state index is 12.2. The van der Waals surface area contributed by atoms with Gasteiger partial charge in [0.1, 0.15) is 4.21 Å². The van der Waals surface area contributed by atoms with Crippen LogP contribution in [0, 0.1) is 5.92 Å². The average Bonchev–Trinajstić information content (AvgIpc) is 2.78. The molecule has 6 heteroatoms. The van der Waals surface area contributed by atoms with Gasteiger partial charge >= 0.3 is 0 Å². The second-order valence-electron chi connectivity index (χ2n) is 4.97. The molecule has 0 spiro atoms. The van der Waals surface area contributed by atoms with Crippen molar-refractivity contribution in [3.05, 3.63) is 17.0 Å². The molecule has 1 aromatic rings. The van der Waals surface area contributed by atoms with Gasteiger partial charge in [0.2, 0.25) is 10.0 Å². The van der Waals surface area contributed by atoms with Crippen molar-refractivity contribution in [2.75, 3.05) is 6.61 Å².